The van der Waals surface area contributed by atoms with Crippen LogP contribution in [-0.2, 0) is 23.1 Å². The maximum Gasteiger partial charge on any atom is 0.251 e. The zero-order chi connectivity index (χ0) is 22.4. The molecule has 0 radical (unpaired) electrons. The van der Waals surface area contributed by atoms with Crippen LogP contribution in [0, 0.1) is 6.92 Å². The minimum absolute atomic E-state index is 0.00577. The Morgan fingerprint density at radius 1 is 1.03 bits per heavy atom. The molecule has 0 saturated carbocycles. The van der Waals surface area contributed by atoms with E-state index in [0.29, 0.717) is 22.8 Å². The summed E-state index contributed by atoms with van der Waals surface area (Å²) in [5, 5.41) is 2.81. The lowest BCUT2D eigenvalue weighted by Gasteiger charge is -2.14. The van der Waals surface area contributed by atoms with Gasteiger partial charge in [-0.1, -0.05) is 18.2 Å². The number of carbonyl (C=O) groups is 1. The Hall–Kier alpha value is -3.30. The molecule has 3 aromatic rings. The van der Waals surface area contributed by atoms with E-state index in [0.717, 1.165) is 5.56 Å². The molecule has 2 N–H and O–H groups in total. The average Bonchev–Trinajstić information content (AvgIpc) is 3.29. The molecule has 0 unspecified atom stereocenters. The topological polar surface area (TPSA) is 107 Å². The minimum Gasteiger partial charge on any atom is -0.493 e. The summed E-state index contributed by atoms with van der Waals surface area (Å²) < 4.78 is 43.5. The highest BCUT2D eigenvalue weighted by atomic mass is 32.2. The number of sulfonamides is 1. The molecule has 3 rings (SSSR count). The van der Waals surface area contributed by atoms with Crippen molar-refractivity contribution in [2.45, 2.75) is 24.9 Å². The van der Waals surface area contributed by atoms with E-state index >= 15 is 0 Å². The Balaban J connectivity index is 1.76. The molecule has 0 bridgehead atoms. The second kappa shape index (κ2) is 9.67. The van der Waals surface area contributed by atoms with Gasteiger partial charge in [-0.15, -0.1) is 0 Å². The number of benzene rings is 2. The molecule has 0 spiro atoms. The molecule has 0 atom stereocenters. The molecule has 0 aliphatic heterocycles. The molecule has 1 aromatic heterocycles. The predicted octanol–water partition coefficient (Wildman–Crippen LogP) is 3.01. The van der Waals surface area contributed by atoms with Crippen LogP contribution in [0.1, 0.15) is 27.2 Å². The summed E-state index contributed by atoms with van der Waals surface area (Å²) >= 11 is 0. The van der Waals surface area contributed by atoms with E-state index in [4.69, 9.17) is 13.9 Å². The monoisotopic (exact) mass is 444 g/mol. The second-order valence-corrected chi connectivity index (χ2v) is 8.48. The molecule has 0 fully saturated rings. The molecule has 0 aliphatic rings. The maximum atomic E-state index is 12.8. The van der Waals surface area contributed by atoms with Crippen molar-refractivity contribution in [3.63, 3.8) is 0 Å². The molecular formula is C22H24N2O6S. The summed E-state index contributed by atoms with van der Waals surface area (Å²) in [5.74, 6) is 1.17. The highest BCUT2D eigenvalue weighted by Crippen LogP contribution is 2.30. The van der Waals surface area contributed by atoms with E-state index < -0.39 is 15.9 Å². The Morgan fingerprint density at radius 3 is 2.52 bits per heavy atom. The van der Waals surface area contributed by atoms with Gasteiger partial charge in [0.05, 0.1) is 31.9 Å². The van der Waals surface area contributed by atoms with Crippen LogP contribution in [0.2, 0.25) is 0 Å². The molecule has 0 saturated heterocycles. The quantitative estimate of drug-likeness (QED) is 0.525. The normalized spacial score (nSPS) is 11.2. The SMILES string of the molecule is COc1cccc(CNC(=O)c2cc(S(=O)(=O)NCc3ccco3)ccc2C)c1OC. The third-order valence-corrected chi connectivity index (χ3v) is 6.10. The van der Waals surface area contributed by atoms with Gasteiger partial charge in [0.2, 0.25) is 10.0 Å². The van der Waals surface area contributed by atoms with Gasteiger partial charge in [-0.3, -0.25) is 4.79 Å². The van der Waals surface area contributed by atoms with E-state index in [9.17, 15) is 13.2 Å². The Labute approximate surface area is 181 Å². The summed E-state index contributed by atoms with van der Waals surface area (Å²) in [6.07, 6.45) is 1.47. The summed E-state index contributed by atoms with van der Waals surface area (Å²) in [4.78, 5) is 12.8. The largest absolute Gasteiger partial charge is 0.493 e. The third kappa shape index (κ3) is 5.25. The van der Waals surface area contributed by atoms with Gasteiger partial charge in [0.1, 0.15) is 5.76 Å². The molecule has 1 amide bonds. The van der Waals surface area contributed by atoms with Gasteiger partial charge in [-0.05, 0) is 42.8 Å². The van der Waals surface area contributed by atoms with Crippen LogP contribution in [-0.4, -0.2) is 28.5 Å². The molecule has 31 heavy (non-hydrogen) atoms. The number of ether oxygens (including phenoxy) is 2. The van der Waals surface area contributed by atoms with Crippen molar-refractivity contribution in [3.05, 3.63) is 77.2 Å². The van der Waals surface area contributed by atoms with E-state index in [1.165, 1.54) is 32.6 Å². The average molecular weight is 445 g/mol. The Morgan fingerprint density at radius 2 is 1.84 bits per heavy atom. The zero-order valence-corrected chi connectivity index (χ0v) is 18.3. The van der Waals surface area contributed by atoms with Gasteiger partial charge in [0.15, 0.2) is 11.5 Å². The summed E-state index contributed by atoms with van der Waals surface area (Å²) in [5.41, 5.74) is 1.65. The summed E-state index contributed by atoms with van der Waals surface area (Å²) in [7, 11) is -0.760. The second-order valence-electron chi connectivity index (χ2n) is 6.72. The van der Waals surface area contributed by atoms with Crippen LogP contribution >= 0.6 is 0 Å². The van der Waals surface area contributed by atoms with E-state index in [1.807, 2.05) is 6.07 Å². The number of hydrogen-bond acceptors (Lipinski definition) is 6. The van der Waals surface area contributed by atoms with E-state index in [-0.39, 0.29) is 23.5 Å². The lowest BCUT2D eigenvalue weighted by molar-refractivity contribution is 0.0949. The lowest BCUT2D eigenvalue weighted by atomic mass is 10.1. The maximum absolute atomic E-state index is 12.8. The molecule has 0 aliphatic carbocycles. The van der Waals surface area contributed by atoms with Crippen molar-refractivity contribution in [2.24, 2.45) is 0 Å². The molecule has 164 valence electrons. The van der Waals surface area contributed by atoms with Gasteiger partial charge in [0.25, 0.3) is 5.91 Å². The summed E-state index contributed by atoms with van der Waals surface area (Å²) in [6.45, 7) is 1.94. The summed E-state index contributed by atoms with van der Waals surface area (Å²) in [6, 6.07) is 13.1. The van der Waals surface area contributed by atoms with Crippen LogP contribution < -0.4 is 19.5 Å². The van der Waals surface area contributed by atoms with Gasteiger partial charge >= 0.3 is 0 Å². The first-order valence-corrected chi connectivity index (χ1v) is 10.9. The van der Waals surface area contributed by atoms with Crippen molar-refractivity contribution in [1.82, 2.24) is 10.0 Å². The van der Waals surface area contributed by atoms with Gasteiger partial charge in [0, 0.05) is 17.7 Å². The zero-order valence-electron chi connectivity index (χ0n) is 17.5. The van der Waals surface area contributed by atoms with Crippen LogP contribution in [0.3, 0.4) is 0 Å². The fraction of sp³-hybridized carbons (Fsp3) is 0.227. The van der Waals surface area contributed by atoms with Crippen LogP contribution in [0.25, 0.3) is 0 Å². The van der Waals surface area contributed by atoms with Crippen molar-refractivity contribution in [3.8, 4) is 11.5 Å². The first kappa shape index (κ1) is 22.4. The fourth-order valence-corrected chi connectivity index (χ4v) is 4.06. The Bertz CT molecular complexity index is 1160. The molecule has 2 aromatic carbocycles. The predicted molar refractivity (Wildman–Crippen MR) is 115 cm³/mol. The van der Waals surface area contributed by atoms with Crippen molar-refractivity contribution < 1.29 is 27.1 Å². The number of aryl methyl sites for hydroxylation is 1. The smallest absolute Gasteiger partial charge is 0.251 e. The molecular weight excluding hydrogens is 420 g/mol. The van der Waals surface area contributed by atoms with Crippen LogP contribution in [0.4, 0.5) is 0 Å². The first-order valence-electron chi connectivity index (χ1n) is 9.46. The fourth-order valence-electron chi connectivity index (χ4n) is 3.04. The van der Waals surface area contributed by atoms with Gasteiger partial charge in [-0.25, -0.2) is 13.1 Å². The van der Waals surface area contributed by atoms with Crippen LogP contribution in [0.5, 0.6) is 11.5 Å². The van der Waals surface area contributed by atoms with Gasteiger partial charge in [-0.2, -0.15) is 0 Å². The minimum atomic E-state index is -3.82. The number of carbonyl (C=O) groups excluding carboxylic acids is 1. The third-order valence-electron chi connectivity index (χ3n) is 4.70. The molecule has 9 heteroatoms. The highest BCUT2D eigenvalue weighted by molar-refractivity contribution is 7.89. The van der Waals surface area contributed by atoms with Crippen LogP contribution in [0.15, 0.2) is 64.1 Å². The number of nitrogens with one attached hydrogen (secondary N) is 2. The number of para-hydroxylation sites is 1. The number of furan rings is 1. The van der Waals surface area contributed by atoms with Crippen molar-refractivity contribution in [2.75, 3.05) is 14.2 Å². The van der Waals surface area contributed by atoms with Crippen molar-refractivity contribution >= 4 is 15.9 Å². The van der Waals surface area contributed by atoms with E-state index in [2.05, 4.69) is 10.0 Å². The Kier molecular flexibility index (Phi) is 6.98. The number of amides is 1. The number of methoxy groups -OCH3 is 2. The number of hydrogen-bond donors (Lipinski definition) is 2. The highest BCUT2D eigenvalue weighted by Gasteiger charge is 2.19. The number of rotatable bonds is 9. The van der Waals surface area contributed by atoms with E-state index in [1.54, 1.807) is 37.3 Å². The molecule has 1 heterocycles. The molecule has 8 nitrogen and oxygen atoms in total. The van der Waals surface area contributed by atoms with Crippen molar-refractivity contribution in [1.29, 1.82) is 0 Å². The lowest BCUT2D eigenvalue weighted by Crippen LogP contribution is -2.26. The first-order chi connectivity index (χ1) is 14.9. The standard InChI is InChI=1S/C22H24N2O6S/c1-15-9-10-18(31(26,27)24-14-17-7-5-11-30-17)12-19(15)22(25)23-13-16-6-4-8-20(28-2)21(16)29-3/h4-12,24H,13-14H2,1-3H3,(H,23,25). The van der Waals surface area contributed by atoms with Gasteiger partial charge < -0.3 is 19.2 Å².